The summed E-state index contributed by atoms with van der Waals surface area (Å²) in [6.45, 7) is 2.69. The zero-order valence-corrected chi connectivity index (χ0v) is 14.2. The average Bonchev–Trinajstić information content (AvgIpc) is 3.11. The van der Waals surface area contributed by atoms with Crippen LogP contribution in [0.1, 0.15) is 32.7 Å². The number of nitrogens with zero attached hydrogens (tertiary/aromatic N) is 1. The molecule has 1 aromatic heterocycles. The van der Waals surface area contributed by atoms with Crippen LogP contribution in [-0.2, 0) is 13.2 Å². The predicted molar refractivity (Wildman–Crippen MR) is 100 cm³/mol. The first-order chi connectivity index (χ1) is 12.2. The fourth-order valence-corrected chi connectivity index (χ4v) is 2.67. The quantitative estimate of drug-likeness (QED) is 0.687. The lowest BCUT2D eigenvalue weighted by Crippen LogP contribution is -2.09. The Morgan fingerprint density at radius 3 is 2.44 bits per heavy atom. The van der Waals surface area contributed by atoms with Gasteiger partial charge in [0.2, 0.25) is 5.78 Å². The van der Waals surface area contributed by atoms with E-state index in [4.69, 9.17) is 5.11 Å². The Morgan fingerprint density at radius 2 is 1.76 bits per heavy atom. The molecule has 0 saturated heterocycles. The number of aromatic nitrogens is 1. The zero-order chi connectivity index (χ0) is 17.6. The van der Waals surface area contributed by atoms with Gasteiger partial charge in [-0.3, -0.25) is 4.79 Å². The Morgan fingerprint density at radius 1 is 1.04 bits per heavy atom. The third-order valence-electron chi connectivity index (χ3n) is 4.15. The molecule has 2 aromatic carbocycles. The van der Waals surface area contributed by atoms with E-state index >= 15 is 0 Å². The molecule has 3 nitrogen and oxygen atoms in total. The van der Waals surface area contributed by atoms with Crippen LogP contribution in [-0.4, -0.2) is 15.5 Å². The fourth-order valence-electron chi connectivity index (χ4n) is 2.67. The van der Waals surface area contributed by atoms with Crippen LogP contribution in [0.5, 0.6) is 0 Å². The molecule has 25 heavy (non-hydrogen) atoms. The molecule has 0 fully saturated rings. The topological polar surface area (TPSA) is 42.2 Å². The van der Waals surface area contributed by atoms with Gasteiger partial charge in [0.15, 0.2) is 0 Å². The maximum absolute atomic E-state index is 12.7. The number of benzene rings is 2. The van der Waals surface area contributed by atoms with Crippen molar-refractivity contribution >= 4 is 11.9 Å². The molecule has 0 aliphatic carbocycles. The molecule has 3 rings (SSSR count). The van der Waals surface area contributed by atoms with Crippen LogP contribution in [0.3, 0.4) is 0 Å². The standard InChI is InChI=1S/C22H21NO2/c1-17-6-12-20(13-7-17)22(25)21-5-3-15-23(21)14-2-4-18-8-10-19(16-24)11-9-18/h2-13,15,24H,14,16H2,1H3. The van der Waals surface area contributed by atoms with E-state index in [2.05, 4.69) is 0 Å². The van der Waals surface area contributed by atoms with E-state index < -0.39 is 0 Å². The van der Waals surface area contributed by atoms with Gasteiger partial charge in [-0.25, -0.2) is 0 Å². The molecule has 0 saturated carbocycles. The lowest BCUT2D eigenvalue weighted by atomic mass is 10.1. The van der Waals surface area contributed by atoms with Gasteiger partial charge in [0.1, 0.15) is 0 Å². The van der Waals surface area contributed by atoms with E-state index in [1.807, 2.05) is 90.5 Å². The Kier molecular flexibility index (Phi) is 5.26. The van der Waals surface area contributed by atoms with Crippen molar-refractivity contribution < 1.29 is 9.90 Å². The lowest BCUT2D eigenvalue weighted by Gasteiger charge is -2.06. The zero-order valence-electron chi connectivity index (χ0n) is 14.2. The van der Waals surface area contributed by atoms with Gasteiger partial charge >= 0.3 is 0 Å². The van der Waals surface area contributed by atoms with Crippen molar-refractivity contribution in [3.63, 3.8) is 0 Å². The van der Waals surface area contributed by atoms with E-state index in [0.717, 1.165) is 16.7 Å². The summed E-state index contributed by atoms with van der Waals surface area (Å²) < 4.78 is 1.95. The number of carbonyl (C=O) groups excluding carboxylic acids is 1. The van der Waals surface area contributed by atoms with Crippen LogP contribution < -0.4 is 0 Å². The highest BCUT2D eigenvalue weighted by Crippen LogP contribution is 2.13. The second-order valence-corrected chi connectivity index (χ2v) is 6.04. The average molecular weight is 331 g/mol. The molecule has 0 unspecified atom stereocenters. The molecule has 0 bridgehead atoms. The van der Waals surface area contributed by atoms with E-state index in [9.17, 15) is 4.79 Å². The van der Waals surface area contributed by atoms with Crippen molar-refractivity contribution in [1.29, 1.82) is 0 Å². The first kappa shape index (κ1) is 16.9. The third-order valence-corrected chi connectivity index (χ3v) is 4.15. The van der Waals surface area contributed by atoms with E-state index in [0.29, 0.717) is 17.8 Å². The molecule has 126 valence electrons. The molecule has 1 N–H and O–H groups in total. The van der Waals surface area contributed by atoms with Crippen LogP contribution in [0.15, 0.2) is 72.9 Å². The van der Waals surface area contributed by atoms with Gasteiger partial charge in [-0.1, -0.05) is 66.2 Å². The van der Waals surface area contributed by atoms with Gasteiger partial charge in [-0.05, 0) is 30.2 Å². The number of hydrogen-bond donors (Lipinski definition) is 1. The summed E-state index contributed by atoms with van der Waals surface area (Å²) in [5, 5.41) is 9.07. The minimum absolute atomic E-state index is 0.0331. The third kappa shape index (κ3) is 4.14. The van der Waals surface area contributed by atoms with E-state index in [1.165, 1.54) is 0 Å². The van der Waals surface area contributed by atoms with Crippen molar-refractivity contribution in [1.82, 2.24) is 4.57 Å². The molecular formula is C22H21NO2. The van der Waals surface area contributed by atoms with Gasteiger partial charge in [-0.15, -0.1) is 0 Å². The number of rotatable bonds is 6. The van der Waals surface area contributed by atoms with Crippen LogP contribution >= 0.6 is 0 Å². The lowest BCUT2D eigenvalue weighted by molar-refractivity contribution is 0.103. The summed E-state index contributed by atoms with van der Waals surface area (Å²) in [6.07, 6.45) is 5.96. The van der Waals surface area contributed by atoms with Gasteiger partial charge in [0.05, 0.1) is 12.3 Å². The molecule has 0 radical (unpaired) electrons. The molecule has 0 aliphatic heterocycles. The molecule has 3 aromatic rings. The maximum atomic E-state index is 12.7. The Labute approximate surface area is 147 Å². The van der Waals surface area contributed by atoms with E-state index in [-0.39, 0.29) is 12.4 Å². The van der Waals surface area contributed by atoms with Crippen molar-refractivity contribution in [2.24, 2.45) is 0 Å². The minimum Gasteiger partial charge on any atom is -0.392 e. The van der Waals surface area contributed by atoms with Crippen molar-refractivity contribution in [2.45, 2.75) is 20.1 Å². The van der Waals surface area contributed by atoms with Gasteiger partial charge < -0.3 is 9.67 Å². The number of aliphatic hydroxyl groups excluding tert-OH is 1. The summed E-state index contributed by atoms with van der Waals surface area (Å²) in [5.74, 6) is 0.0331. The first-order valence-corrected chi connectivity index (χ1v) is 8.30. The molecular weight excluding hydrogens is 310 g/mol. The number of aliphatic hydroxyl groups is 1. The molecule has 3 heteroatoms. The summed E-state index contributed by atoms with van der Waals surface area (Å²) in [5.41, 5.74) is 4.49. The van der Waals surface area contributed by atoms with Crippen LogP contribution in [0.4, 0.5) is 0 Å². The number of hydrogen-bond acceptors (Lipinski definition) is 2. The van der Waals surface area contributed by atoms with E-state index in [1.54, 1.807) is 0 Å². The number of aryl methyl sites for hydroxylation is 1. The van der Waals surface area contributed by atoms with Gasteiger partial charge in [0.25, 0.3) is 0 Å². The van der Waals surface area contributed by atoms with Crippen LogP contribution in [0, 0.1) is 6.92 Å². The largest absolute Gasteiger partial charge is 0.392 e. The monoisotopic (exact) mass is 331 g/mol. The molecule has 1 heterocycles. The minimum atomic E-state index is 0.0331. The normalized spacial score (nSPS) is 11.1. The highest BCUT2D eigenvalue weighted by atomic mass is 16.3. The predicted octanol–water partition coefficient (Wildman–Crippen LogP) is 4.23. The second-order valence-electron chi connectivity index (χ2n) is 6.04. The highest BCUT2D eigenvalue weighted by Gasteiger charge is 2.12. The smallest absolute Gasteiger partial charge is 0.209 e. The van der Waals surface area contributed by atoms with Crippen molar-refractivity contribution in [3.05, 3.63) is 101 Å². The fraction of sp³-hybridized carbons (Fsp3) is 0.136. The number of allylic oxidation sites excluding steroid dienone is 1. The van der Waals surface area contributed by atoms with Gasteiger partial charge in [-0.2, -0.15) is 0 Å². The molecule has 0 amide bonds. The summed E-state index contributed by atoms with van der Waals surface area (Å²) in [7, 11) is 0. The SMILES string of the molecule is Cc1ccc(C(=O)c2cccn2CC=Cc2ccc(CO)cc2)cc1. The van der Waals surface area contributed by atoms with Gasteiger partial charge in [0, 0.05) is 18.3 Å². The highest BCUT2D eigenvalue weighted by molar-refractivity contribution is 6.08. The Bertz CT molecular complexity index is 871. The van der Waals surface area contributed by atoms with Crippen molar-refractivity contribution in [3.8, 4) is 0 Å². The van der Waals surface area contributed by atoms with Crippen molar-refractivity contribution in [2.75, 3.05) is 0 Å². The molecule has 0 spiro atoms. The summed E-state index contributed by atoms with van der Waals surface area (Å²) in [6, 6.07) is 19.1. The van der Waals surface area contributed by atoms with Crippen LogP contribution in [0.2, 0.25) is 0 Å². The molecule has 0 atom stereocenters. The second kappa shape index (κ2) is 7.77. The Hall–Kier alpha value is -2.91. The summed E-state index contributed by atoms with van der Waals surface area (Å²) >= 11 is 0. The Balaban J connectivity index is 1.71. The first-order valence-electron chi connectivity index (χ1n) is 8.30. The maximum Gasteiger partial charge on any atom is 0.209 e. The molecule has 0 aliphatic rings. The summed E-state index contributed by atoms with van der Waals surface area (Å²) in [4.78, 5) is 12.7. The van der Waals surface area contributed by atoms with Crippen LogP contribution in [0.25, 0.3) is 6.08 Å². The number of ketones is 1. The number of carbonyl (C=O) groups is 1.